The van der Waals surface area contributed by atoms with Gasteiger partial charge in [-0.2, -0.15) is 0 Å². The fourth-order valence-electron chi connectivity index (χ4n) is 3.14. The summed E-state index contributed by atoms with van der Waals surface area (Å²) < 4.78 is 0. The van der Waals surface area contributed by atoms with Gasteiger partial charge in [-0.25, -0.2) is 9.78 Å². The Morgan fingerprint density at radius 1 is 1.19 bits per heavy atom. The third-order valence-corrected chi connectivity index (χ3v) is 5.29. The summed E-state index contributed by atoms with van der Waals surface area (Å²) >= 11 is 1.53. The second-order valence-electron chi connectivity index (χ2n) is 5.68. The van der Waals surface area contributed by atoms with Crippen molar-refractivity contribution in [2.75, 3.05) is 5.32 Å². The number of nitrogens with one attached hydrogen (secondary N) is 2. The molecule has 0 spiro atoms. The van der Waals surface area contributed by atoms with Gasteiger partial charge in [-0.1, -0.05) is 6.42 Å². The minimum atomic E-state index is -0.831. The molecule has 21 heavy (non-hydrogen) atoms. The molecule has 0 bridgehead atoms. The van der Waals surface area contributed by atoms with Crippen molar-refractivity contribution in [1.82, 2.24) is 10.3 Å². The predicted molar refractivity (Wildman–Crippen MR) is 79.7 cm³/mol. The van der Waals surface area contributed by atoms with E-state index in [1.54, 1.807) is 0 Å². The van der Waals surface area contributed by atoms with Crippen LogP contribution < -0.4 is 10.6 Å². The van der Waals surface area contributed by atoms with Crippen LogP contribution in [0.3, 0.4) is 0 Å². The highest BCUT2D eigenvalue weighted by atomic mass is 32.1. The first kappa shape index (κ1) is 14.3. The fourth-order valence-corrected chi connectivity index (χ4v) is 4.18. The molecule has 6 nitrogen and oxygen atoms in total. The molecule has 2 unspecified atom stereocenters. The number of nitrogens with zero attached hydrogens (tertiary/aromatic N) is 1. The number of amides is 2. The lowest BCUT2D eigenvalue weighted by Gasteiger charge is -2.17. The largest absolute Gasteiger partial charge is 0.481 e. The lowest BCUT2D eigenvalue weighted by molar-refractivity contribution is -0.142. The fraction of sp³-hybridized carbons (Fsp3) is 0.643. The van der Waals surface area contributed by atoms with E-state index in [-0.39, 0.29) is 12.1 Å². The van der Waals surface area contributed by atoms with Gasteiger partial charge < -0.3 is 10.4 Å². The first-order chi connectivity index (χ1) is 10.1. The number of thiazole rings is 1. The normalized spacial score (nSPS) is 24.4. The number of rotatable bonds is 3. The molecule has 1 fully saturated rings. The van der Waals surface area contributed by atoms with Crippen molar-refractivity contribution in [2.24, 2.45) is 5.92 Å². The molecular formula is C14H19N3O3S. The average Bonchev–Trinajstić information content (AvgIpc) is 3.03. The molecule has 2 atom stereocenters. The number of urea groups is 1. The average molecular weight is 309 g/mol. The van der Waals surface area contributed by atoms with Gasteiger partial charge >= 0.3 is 12.0 Å². The zero-order chi connectivity index (χ0) is 14.8. The third kappa shape index (κ3) is 3.18. The lowest BCUT2D eigenvalue weighted by atomic mass is 10.0. The van der Waals surface area contributed by atoms with Crippen LogP contribution in [0.2, 0.25) is 0 Å². The van der Waals surface area contributed by atoms with Crippen LogP contribution in [0, 0.1) is 5.92 Å². The number of aliphatic carboxylic acids is 1. The smallest absolute Gasteiger partial charge is 0.321 e. The third-order valence-electron chi connectivity index (χ3n) is 4.22. The molecule has 3 N–H and O–H groups in total. The number of aryl methyl sites for hydroxylation is 2. The number of hydrogen-bond donors (Lipinski definition) is 3. The van der Waals surface area contributed by atoms with Crippen molar-refractivity contribution in [3.8, 4) is 0 Å². The summed E-state index contributed by atoms with van der Waals surface area (Å²) in [5.74, 6) is -1.30. The molecule has 1 heterocycles. The quantitative estimate of drug-likeness (QED) is 0.799. The molecule has 2 aliphatic carbocycles. The maximum atomic E-state index is 12.0. The number of anilines is 1. The lowest BCUT2D eigenvalue weighted by Crippen LogP contribution is -2.42. The first-order valence-electron chi connectivity index (χ1n) is 7.42. The number of carboxylic acid groups (broad SMARTS) is 1. The minimum Gasteiger partial charge on any atom is -0.481 e. The van der Waals surface area contributed by atoms with Crippen molar-refractivity contribution in [1.29, 1.82) is 0 Å². The van der Waals surface area contributed by atoms with Crippen molar-refractivity contribution >= 4 is 28.5 Å². The Hall–Kier alpha value is -1.63. The van der Waals surface area contributed by atoms with E-state index >= 15 is 0 Å². The zero-order valence-corrected chi connectivity index (χ0v) is 12.5. The van der Waals surface area contributed by atoms with Gasteiger partial charge in [-0.05, 0) is 38.5 Å². The van der Waals surface area contributed by atoms with Crippen molar-refractivity contribution in [3.05, 3.63) is 10.6 Å². The van der Waals surface area contributed by atoms with Crippen LogP contribution >= 0.6 is 11.3 Å². The number of carbonyl (C=O) groups is 2. The Labute approximate surface area is 127 Å². The van der Waals surface area contributed by atoms with Crippen LogP contribution in [0.1, 0.15) is 42.7 Å². The molecule has 1 aromatic heterocycles. The van der Waals surface area contributed by atoms with E-state index in [0.29, 0.717) is 11.6 Å². The second-order valence-corrected chi connectivity index (χ2v) is 6.76. The molecule has 1 aromatic rings. The molecular weight excluding hydrogens is 290 g/mol. The Balaban J connectivity index is 1.59. The first-order valence-corrected chi connectivity index (χ1v) is 8.24. The molecule has 2 aliphatic rings. The van der Waals surface area contributed by atoms with Crippen LogP contribution in [0.5, 0.6) is 0 Å². The van der Waals surface area contributed by atoms with Gasteiger partial charge in [0.1, 0.15) is 0 Å². The van der Waals surface area contributed by atoms with Crippen molar-refractivity contribution in [3.63, 3.8) is 0 Å². The monoisotopic (exact) mass is 309 g/mol. The molecule has 0 saturated heterocycles. The number of carboxylic acids is 1. The van der Waals surface area contributed by atoms with Gasteiger partial charge in [0.15, 0.2) is 5.13 Å². The summed E-state index contributed by atoms with van der Waals surface area (Å²) in [6.07, 6.45) is 6.56. The van der Waals surface area contributed by atoms with Gasteiger partial charge in [0, 0.05) is 10.9 Å². The van der Waals surface area contributed by atoms with Crippen molar-refractivity contribution in [2.45, 2.75) is 51.0 Å². The van der Waals surface area contributed by atoms with E-state index in [9.17, 15) is 9.59 Å². The van der Waals surface area contributed by atoms with E-state index in [1.807, 2.05) is 0 Å². The van der Waals surface area contributed by atoms with Crippen LogP contribution in [0.15, 0.2) is 0 Å². The highest BCUT2D eigenvalue weighted by Crippen LogP contribution is 2.30. The van der Waals surface area contributed by atoms with E-state index in [4.69, 9.17) is 5.11 Å². The summed E-state index contributed by atoms with van der Waals surface area (Å²) in [4.78, 5) is 28.8. The van der Waals surface area contributed by atoms with E-state index in [0.717, 1.165) is 37.8 Å². The number of aromatic nitrogens is 1. The van der Waals surface area contributed by atoms with E-state index in [2.05, 4.69) is 15.6 Å². The second kappa shape index (κ2) is 6.01. The zero-order valence-electron chi connectivity index (χ0n) is 11.7. The maximum Gasteiger partial charge on any atom is 0.321 e. The summed E-state index contributed by atoms with van der Waals surface area (Å²) in [5.41, 5.74) is 1.10. The van der Waals surface area contributed by atoms with Gasteiger partial charge in [-0.15, -0.1) is 11.3 Å². The van der Waals surface area contributed by atoms with Gasteiger partial charge in [0.2, 0.25) is 0 Å². The van der Waals surface area contributed by atoms with E-state index in [1.165, 1.54) is 22.6 Å². The Morgan fingerprint density at radius 3 is 2.76 bits per heavy atom. The summed E-state index contributed by atoms with van der Waals surface area (Å²) in [6, 6.07) is -0.628. The Morgan fingerprint density at radius 2 is 2.00 bits per heavy atom. The topological polar surface area (TPSA) is 91.3 Å². The van der Waals surface area contributed by atoms with Crippen LogP contribution in [0.25, 0.3) is 0 Å². The van der Waals surface area contributed by atoms with Gasteiger partial charge in [0.05, 0.1) is 11.6 Å². The number of fused-ring (bicyclic) bond motifs is 1. The van der Waals surface area contributed by atoms with Crippen LogP contribution in [-0.4, -0.2) is 28.1 Å². The maximum absolute atomic E-state index is 12.0. The molecule has 7 heteroatoms. The minimum absolute atomic E-state index is 0.280. The predicted octanol–water partition coefficient (Wildman–Crippen LogP) is 2.40. The van der Waals surface area contributed by atoms with Gasteiger partial charge in [-0.3, -0.25) is 10.1 Å². The SMILES string of the molecule is O=C(Nc1nc2c(s1)CCCC2)NC1CCCC1C(=O)O. The summed E-state index contributed by atoms with van der Waals surface area (Å²) in [5, 5.41) is 15.3. The highest BCUT2D eigenvalue weighted by Gasteiger charge is 2.34. The summed E-state index contributed by atoms with van der Waals surface area (Å²) in [6.45, 7) is 0. The summed E-state index contributed by atoms with van der Waals surface area (Å²) in [7, 11) is 0. The molecule has 0 radical (unpaired) electrons. The van der Waals surface area contributed by atoms with E-state index < -0.39 is 11.9 Å². The molecule has 0 aromatic carbocycles. The van der Waals surface area contributed by atoms with Crippen LogP contribution in [-0.2, 0) is 17.6 Å². The Kier molecular flexibility index (Phi) is 4.10. The number of hydrogen-bond acceptors (Lipinski definition) is 4. The molecule has 114 valence electrons. The molecule has 2 amide bonds. The van der Waals surface area contributed by atoms with Crippen molar-refractivity contribution < 1.29 is 14.7 Å². The Bertz CT molecular complexity index is 534. The van der Waals surface area contributed by atoms with Gasteiger partial charge in [0.25, 0.3) is 0 Å². The van der Waals surface area contributed by atoms with Crippen LogP contribution in [0.4, 0.5) is 9.93 Å². The standard InChI is InChI=1S/C14H19N3O3S/c18-12(19)8-4-3-6-9(8)15-13(20)17-14-16-10-5-1-2-7-11(10)21-14/h8-9H,1-7H2,(H,18,19)(H2,15,16,17,20). The molecule has 0 aliphatic heterocycles. The highest BCUT2D eigenvalue weighted by molar-refractivity contribution is 7.15. The number of carbonyl (C=O) groups excluding carboxylic acids is 1. The molecule has 3 rings (SSSR count). The molecule has 1 saturated carbocycles.